The molecule has 2 aromatic carbocycles. The standard InChI is InChI=1S/C18H16N2O2/c1-22-18(21)16-8-7-14-10-13(5-6-15(14)11-16)12-20-17-4-2-3-9-19-17/h2-11H,12H2,1H3,(H,19,20). The van der Waals surface area contributed by atoms with Crippen LogP contribution in [0.15, 0.2) is 60.8 Å². The maximum absolute atomic E-state index is 11.5. The molecule has 3 rings (SSSR count). The Morgan fingerprint density at radius 3 is 2.68 bits per heavy atom. The summed E-state index contributed by atoms with van der Waals surface area (Å²) in [5, 5.41) is 5.39. The van der Waals surface area contributed by atoms with Gasteiger partial charge in [-0.15, -0.1) is 0 Å². The van der Waals surface area contributed by atoms with Gasteiger partial charge in [0.15, 0.2) is 0 Å². The minimum atomic E-state index is -0.317. The number of benzene rings is 2. The van der Waals surface area contributed by atoms with E-state index in [2.05, 4.69) is 16.4 Å². The largest absolute Gasteiger partial charge is 0.465 e. The van der Waals surface area contributed by atoms with E-state index in [0.717, 1.165) is 22.2 Å². The Morgan fingerprint density at radius 1 is 1.09 bits per heavy atom. The van der Waals surface area contributed by atoms with E-state index in [1.165, 1.54) is 7.11 Å². The van der Waals surface area contributed by atoms with Crippen LogP contribution in [0.5, 0.6) is 0 Å². The first-order valence-corrected chi connectivity index (χ1v) is 7.02. The molecule has 0 bridgehead atoms. The molecule has 0 atom stereocenters. The SMILES string of the molecule is COC(=O)c1ccc2cc(CNc3ccccn3)ccc2c1. The van der Waals surface area contributed by atoms with Gasteiger partial charge < -0.3 is 10.1 Å². The third kappa shape index (κ3) is 3.06. The van der Waals surface area contributed by atoms with Gasteiger partial charge in [0.25, 0.3) is 0 Å². The van der Waals surface area contributed by atoms with Gasteiger partial charge >= 0.3 is 5.97 Å². The van der Waals surface area contributed by atoms with Gasteiger partial charge in [-0.25, -0.2) is 9.78 Å². The van der Waals surface area contributed by atoms with Crippen molar-refractivity contribution in [2.75, 3.05) is 12.4 Å². The number of nitrogens with one attached hydrogen (secondary N) is 1. The molecule has 110 valence electrons. The molecule has 3 aromatic rings. The van der Waals surface area contributed by atoms with Crippen molar-refractivity contribution >= 4 is 22.6 Å². The topological polar surface area (TPSA) is 51.2 Å². The van der Waals surface area contributed by atoms with E-state index in [1.807, 2.05) is 42.5 Å². The van der Waals surface area contributed by atoms with Crippen molar-refractivity contribution in [1.82, 2.24) is 4.98 Å². The number of carbonyl (C=O) groups is 1. The summed E-state index contributed by atoms with van der Waals surface area (Å²) in [5.41, 5.74) is 1.72. The second kappa shape index (κ2) is 6.26. The van der Waals surface area contributed by atoms with Crippen LogP contribution in [0.3, 0.4) is 0 Å². The van der Waals surface area contributed by atoms with Crippen LogP contribution in [-0.4, -0.2) is 18.1 Å². The Balaban J connectivity index is 1.80. The molecule has 0 aliphatic rings. The number of aromatic nitrogens is 1. The van der Waals surface area contributed by atoms with Crippen LogP contribution in [0.1, 0.15) is 15.9 Å². The fourth-order valence-corrected chi connectivity index (χ4v) is 2.31. The summed E-state index contributed by atoms with van der Waals surface area (Å²) in [4.78, 5) is 15.8. The minimum absolute atomic E-state index is 0.317. The summed E-state index contributed by atoms with van der Waals surface area (Å²) >= 11 is 0. The third-order valence-electron chi connectivity index (χ3n) is 3.46. The maximum Gasteiger partial charge on any atom is 0.337 e. The molecule has 22 heavy (non-hydrogen) atoms. The summed E-state index contributed by atoms with van der Waals surface area (Å²) < 4.78 is 4.74. The van der Waals surface area contributed by atoms with Crippen molar-refractivity contribution in [3.05, 3.63) is 71.9 Å². The lowest BCUT2D eigenvalue weighted by molar-refractivity contribution is 0.0601. The van der Waals surface area contributed by atoms with Crippen LogP contribution in [0.4, 0.5) is 5.82 Å². The predicted octanol–water partition coefficient (Wildman–Crippen LogP) is 3.63. The van der Waals surface area contributed by atoms with Crippen molar-refractivity contribution in [2.24, 2.45) is 0 Å². The number of nitrogens with zero attached hydrogens (tertiary/aromatic N) is 1. The average molecular weight is 292 g/mol. The first-order chi connectivity index (χ1) is 10.8. The summed E-state index contributed by atoms with van der Waals surface area (Å²) in [7, 11) is 1.39. The predicted molar refractivity (Wildman–Crippen MR) is 86.9 cm³/mol. The van der Waals surface area contributed by atoms with Crippen LogP contribution in [0.25, 0.3) is 10.8 Å². The molecule has 0 unspecified atom stereocenters. The molecule has 0 radical (unpaired) electrons. The summed E-state index contributed by atoms with van der Waals surface area (Å²) in [5.74, 6) is 0.534. The molecule has 0 amide bonds. The summed E-state index contributed by atoms with van der Waals surface area (Å²) in [6, 6.07) is 17.5. The van der Waals surface area contributed by atoms with E-state index < -0.39 is 0 Å². The number of fused-ring (bicyclic) bond motifs is 1. The molecule has 0 aliphatic carbocycles. The lowest BCUT2D eigenvalue weighted by atomic mass is 10.0. The molecule has 4 heteroatoms. The Kier molecular flexibility index (Phi) is 4.01. The van der Waals surface area contributed by atoms with Crippen molar-refractivity contribution in [2.45, 2.75) is 6.54 Å². The van der Waals surface area contributed by atoms with Gasteiger partial charge in [-0.1, -0.05) is 24.3 Å². The number of carbonyl (C=O) groups excluding carboxylic acids is 1. The molecule has 1 aromatic heterocycles. The van der Waals surface area contributed by atoms with Gasteiger partial charge in [-0.3, -0.25) is 0 Å². The zero-order chi connectivity index (χ0) is 15.4. The lowest BCUT2D eigenvalue weighted by Gasteiger charge is -2.07. The number of esters is 1. The number of pyridine rings is 1. The fraction of sp³-hybridized carbons (Fsp3) is 0.111. The van der Waals surface area contributed by atoms with Crippen LogP contribution in [0, 0.1) is 0 Å². The monoisotopic (exact) mass is 292 g/mol. The highest BCUT2D eigenvalue weighted by molar-refractivity contribution is 5.95. The normalized spacial score (nSPS) is 10.4. The molecule has 1 N–H and O–H groups in total. The maximum atomic E-state index is 11.5. The van der Waals surface area contributed by atoms with E-state index in [4.69, 9.17) is 4.74 Å². The number of hydrogen-bond acceptors (Lipinski definition) is 4. The van der Waals surface area contributed by atoms with Crippen molar-refractivity contribution in [3.63, 3.8) is 0 Å². The number of rotatable bonds is 4. The smallest absolute Gasteiger partial charge is 0.337 e. The number of methoxy groups -OCH3 is 1. The second-order valence-electron chi connectivity index (χ2n) is 4.96. The van der Waals surface area contributed by atoms with Crippen LogP contribution in [0.2, 0.25) is 0 Å². The Labute approximate surface area is 128 Å². The molecule has 4 nitrogen and oxygen atoms in total. The highest BCUT2D eigenvalue weighted by atomic mass is 16.5. The molecular weight excluding hydrogens is 276 g/mol. The van der Waals surface area contributed by atoms with Crippen molar-refractivity contribution < 1.29 is 9.53 Å². The van der Waals surface area contributed by atoms with Gasteiger partial charge in [0.1, 0.15) is 5.82 Å². The first-order valence-electron chi connectivity index (χ1n) is 7.02. The number of ether oxygens (including phenoxy) is 1. The lowest BCUT2D eigenvalue weighted by Crippen LogP contribution is -2.02. The van der Waals surface area contributed by atoms with E-state index in [0.29, 0.717) is 12.1 Å². The molecular formula is C18H16N2O2. The van der Waals surface area contributed by atoms with Gasteiger partial charge in [-0.05, 0) is 46.7 Å². The first kappa shape index (κ1) is 14.1. The van der Waals surface area contributed by atoms with E-state index in [-0.39, 0.29) is 5.97 Å². The van der Waals surface area contributed by atoms with Gasteiger partial charge in [0.05, 0.1) is 12.7 Å². The van der Waals surface area contributed by atoms with Crippen LogP contribution < -0.4 is 5.32 Å². The van der Waals surface area contributed by atoms with E-state index in [1.54, 1.807) is 12.3 Å². The van der Waals surface area contributed by atoms with Gasteiger partial charge in [-0.2, -0.15) is 0 Å². The number of anilines is 1. The van der Waals surface area contributed by atoms with Gasteiger partial charge in [0, 0.05) is 12.7 Å². The zero-order valence-electron chi connectivity index (χ0n) is 12.2. The van der Waals surface area contributed by atoms with E-state index in [9.17, 15) is 4.79 Å². The van der Waals surface area contributed by atoms with Gasteiger partial charge in [0.2, 0.25) is 0 Å². The molecule has 1 heterocycles. The van der Waals surface area contributed by atoms with Crippen molar-refractivity contribution in [3.8, 4) is 0 Å². The molecule has 0 fully saturated rings. The highest BCUT2D eigenvalue weighted by Crippen LogP contribution is 2.19. The fourth-order valence-electron chi connectivity index (χ4n) is 2.31. The van der Waals surface area contributed by atoms with Crippen LogP contribution in [-0.2, 0) is 11.3 Å². The zero-order valence-corrected chi connectivity index (χ0v) is 12.2. The molecule has 0 spiro atoms. The minimum Gasteiger partial charge on any atom is -0.465 e. The molecule has 0 saturated carbocycles. The highest BCUT2D eigenvalue weighted by Gasteiger charge is 2.06. The van der Waals surface area contributed by atoms with Crippen LogP contribution >= 0.6 is 0 Å². The quantitative estimate of drug-likeness (QED) is 0.746. The Bertz CT molecular complexity index is 801. The number of hydrogen-bond donors (Lipinski definition) is 1. The Hall–Kier alpha value is -2.88. The molecule has 0 aliphatic heterocycles. The summed E-state index contributed by atoms with van der Waals surface area (Å²) in [6.45, 7) is 0.700. The third-order valence-corrected chi connectivity index (χ3v) is 3.46. The summed E-state index contributed by atoms with van der Waals surface area (Å²) in [6.07, 6.45) is 1.76. The second-order valence-corrected chi connectivity index (χ2v) is 4.96. The van der Waals surface area contributed by atoms with Crippen molar-refractivity contribution in [1.29, 1.82) is 0 Å². The molecule has 0 saturated heterocycles. The average Bonchev–Trinajstić information content (AvgIpc) is 2.59. The van der Waals surface area contributed by atoms with E-state index >= 15 is 0 Å². The Morgan fingerprint density at radius 2 is 1.91 bits per heavy atom.